The number of nitrogens with zero attached hydrogens (tertiary/aromatic N) is 1. The lowest BCUT2D eigenvalue weighted by molar-refractivity contribution is 0.0426. The van der Waals surface area contributed by atoms with E-state index in [1.165, 1.54) is 6.42 Å². The minimum atomic E-state index is 0.536. The molecular formula is C10H21N3. The maximum absolute atomic E-state index is 3.65. The largest absolute Gasteiger partial charge is 0.298 e. The fourth-order valence-electron chi connectivity index (χ4n) is 2.58. The van der Waals surface area contributed by atoms with E-state index in [9.17, 15) is 0 Å². The van der Waals surface area contributed by atoms with E-state index in [2.05, 4.69) is 43.4 Å². The molecule has 2 N–H and O–H groups in total. The molecule has 13 heavy (non-hydrogen) atoms. The van der Waals surface area contributed by atoms with Crippen LogP contribution >= 0.6 is 0 Å². The molecule has 0 spiro atoms. The lowest BCUT2D eigenvalue weighted by atomic mass is 9.98. The number of rotatable bonds is 0. The Labute approximate surface area is 80.8 Å². The van der Waals surface area contributed by atoms with Gasteiger partial charge in [-0.2, -0.15) is 0 Å². The summed E-state index contributed by atoms with van der Waals surface area (Å²) in [7, 11) is 0. The minimum absolute atomic E-state index is 0.536. The normalized spacial score (nSPS) is 52.2. The molecule has 3 heteroatoms. The fourth-order valence-corrected chi connectivity index (χ4v) is 2.58. The van der Waals surface area contributed by atoms with Gasteiger partial charge in [-0.25, -0.2) is 5.01 Å². The van der Waals surface area contributed by atoms with Gasteiger partial charge in [0.2, 0.25) is 0 Å². The molecule has 0 aromatic heterocycles. The number of hydrogen-bond acceptors (Lipinski definition) is 3. The standard InChI is InChI=1S/C10H21N3/c1-6-5-7(2)13-10(11-6)8(3)9(4)12-13/h6-12H,5H2,1-4H3. The van der Waals surface area contributed by atoms with Crippen LogP contribution in [-0.4, -0.2) is 29.3 Å². The Morgan fingerprint density at radius 1 is 1.15 bits per heavy atom. The molecule has 5 atom stereocenters. The van der Waals surface area contributed by atoms with Crippen molar-refractivity contribution in [2.45, 2.75) is 58.4 Å². The zero-order valence-electron chi connectivity index (χ0n) is 9.04. The van der Waals surface area contributed by atoms with E-state index in [0.29, 0.717) is 30.2 Å². The molecule has 0 radical (unpaired) electrons. The predicted molar refractivity (Wildman–Crippen MR) is 54.1 cm³/mol. The van der Waals surface area contributed by atoms with Crippen LogP contribution in [-0.2, 0) is 0 Å². The van der Waals surface area contributed by atoms with Crippen molar-refractivity contribution in [1.82, 2.24) is 15.8 Å². The van der Waals surface area contributed by atoms with E-state index >= 15 is 0 Å². The van der Waals surface area contributed by atoms with Gasteiger partial charge in [0.15, 0.2) is 0 Å². The van der Waals surface area contributed by atoms with Gasteiger partial charge in [0, 0.05) is 24.0 Å². The zero-order chi connectivity index (χ0) is 9.59. The van der Waals surface area contributed by atoms with Gasteiger partial charge in [-0.05, 0) is 27.2 Å². The third kappa shape index (κ3) is 1.49. The van der Waals surface area contributed by atoms with Crippen molar-refractivity contribution in [2.24, 2.45) is 5.92 Å². The Kier molecular flexibility index (Phi) is 2.34. The first-order valence-corrected chi connectivity index (χ1v) is 5.40. The molecule has 2 aliphatic rings. The zero-order valence-corrected chi connectivity index (χ0v) is 9.04. The number of nitrogens with one attached hydrogen (secondary N) is 2. The molecule has 76 valence electrons. The SMILES string of the molecule is CC1CC(C)N2NC(C)C(C)C2N1. The van der Waals surface area contributed by atoms with Crippen LogP contribution in [0.3, 0.4) is 0 Å². The second kappa shape index (κ2) is 3.23. The van der Waals surface area contributed by atoms with E-state index < -0.39 is 0 Å². The summed E-state index contributed by atoms with van der Waals surface area (Å²) in [6, 6.07) is 1.92. The van der Waals surface area contributed by atoms with Gasteiger partial charge in [-0.15, -0.1) is 0 Å². The minimum Gasteiger partial charge on any atom is -0.298 e. The van der Waals surface area contributed by atoms with Gasteiger partial charge in [-0.1, -0.05) is 6.92 Å². The van der Waals surface area contributed by atoms with E-state index in [4.69, 9.17) is 0 Å². The third-order valence-electron chi connectivity index (χ3n) is 3.56. The highest BCUT2D eigenvalue weighted by molar-refractivity contribution is 4.94. The summed E-state index contributed by atoms with van der Waals surface area (Å²) in [5.74, 6) is 0.699. The van der Waals surface area contributed by atoms with Gasteiger partial charge in [0.1, 0.15) is 0 Å². The van der Waals surface area contributed by atoms with Crippen LogP contribution in [0.15, 0.2) is 0 Å². The van der Waals surface area contributed by atoms with Crippen molar-refractivity contribution in [1.29, 1.82) is 0 Å². The molecule has 2 saturated heterocycles. The highest BCUT2D eigenvalue weighted by Crippen LogP contribution is 2.27. The quantitative estimate of drug-likeness (QED) is 0.585. The second-order valence-electron chi connectivity index (χ2n) is 4.78. The smallest absolute Gasteiger partial charge is 0.0779 e. The van der Waals surface area contributed by atoms with Gasteiger partial charge in [0.25, 0.3) is 0 Å². The summed E-state index contributed by atoms with van der Waals surface area (Å²) in [6.45, 7) is 9.17. The van der Waals surface area contributed by atoms with Crippen molar-refractivity contribution >= 4 is 0 Å². The van der Waals surface area contributed by atoms with Crippen molar-refractivity contribution < 1.29 is 0 Å². The topological polar surface area (TPSA) is 27.3 Å². The summed E-state index contributed by atoms with van der Waals surface area (Å²) in [4.78, 5) is 0. The van der Waals surface area contributed by atoms with E-state index in [0.717, 1.165) is 0 Å². The maximum atomic E-state index is 3.65. The van der Waals surface area contributed by atoms with Crippen molar-refractivity contribution in [3.8, 4) is 0 Å². The number of hydrogen-bond donors (Lipinski definition) is 2. The molecule has 0 saturated carbocycles. The molecule has 0 aliphatic carbocycles. The summed E-state index contributed by atoms with van der Waals surface area (Å²) < 4.78 is 0. The molecule has 0 aromatic rings. The molecule has 2 rings (SSSR count). The van der Waals surface area contributed by atoms with Crippen LogP contribution < -0.4 is 10.7 Å². The van der Waals surface area contributed by atoms with Crippen LogP contribution in [0.4, 0.5) is 0 Å². The van der Waals surface area contributed by atoms with Gasteiger partial charge < -0.3 is 0 Å². The molecule has 2 heterocycles. The average molecular weight is 183 g/mol. The molecule has 0 aromatic carbocycles. The van der Waals surface area contributed by atoms with E-state index in [1.54, 1.807) is 0 Å². The van der Waals surface area contributed by atoms with E-state index in [1.807, 2.05) is 0 Å². The van der Waals surface area contributed by atoms with Gasteiger partial charge >= 0.3 is 0 Å². The van der Waals surface area contributed by atoms with Gasteiger partial charge in [0.05, 0.1) is 6.17 Å². The maximum Gasteiger partial charge on any atom is 0.0779 e. The van der Waals surface area contributed by atoms with E-state index in [-0.39, 0.29) is 0 Å². The summed E-state index contributed by atoms with van der Waals surface area (Å²) in [6.07, 6.45) is 1.77. The summed E-state index contributed by atoms with van der Waals surface area (Å²) >= 11 is 0. The van der Waals surface area contributed by atoms with Crippen LogP contribution in [0.5, 0.6) is 0 Å². The first-order chi connectivity index (χ1) is 6.09. The summed E-state index contributed by atoms with van der Waals surface area (Å²) in [5, 5.41) is 6.05. The molecule has 2 fully saturated rings. The molecule has 5 unspecified atom stereocenters. The predicted octanol–water partition coefficient (Wildman–Crippen LogP) is 0.928. The lowest BCUT2D eigenvalue weighted by Crippen LogP contribution is -2.59. The molecule has 2 aliphatic heterocycles. The Hall–Kier alpha value is -0.120. The Morgan fingerprint density at radius 3 is 2.54 bits per heavy atom. The number of hydrazine groups is 1. The third-order valence-corrected chi connectivity index (χ3v) is 3.56. The lowest BCUT2D eigenvalue weighted by Gasteiger charge is -2.40. The molecular weight excluding hydrogens is 162 g/mol. The van der Waals surface area contributed by atoms with Crippen molar-refractivity contribution in [3.05, 3.63) is 0 Å². The van der Waals surface area contributed by atoms with Crippen molar-refractivity contribution in [2.75, 3.05) is 0 Å². The van der Waals surface area contributed by atoms with Crippen LogP contribution in [0, 0.1) is 5.92 Å². The second-order valence-corrected chi connectivity index (χ2v) is 4.78. The van der Waals surface area contributed by atoms with Crippen LogP contribution in [0.25, 0.3) is 0 Å². The number of fused-ring (bicyclic) bond motifs is 1. The van der Waals surface area contributed by atoms with Crippen molar-refractivity contribution in [3.63, 3.8) is 0 Å². The first kappa shape index (κ1) is 9.44. The Bertz CT molecular complexity index is 195. The van der Waals surface area contributed by atoms with Crippen LogP contribution in [0.1, 0.15) is 34.1 Å². The first-order valence-electron chi connectivity index (χ1n) is 5.40. The average Bonchev–Trinajstić information content (AvgIpc) is 2.32. The fraction of sp³-hybridized carbons (Fsp3) is 1.00. The molecule has 3 nitrogen and oxygen atoms in total. The Balaban J connectivity index is 2.12. The van der Waals surface area contributed by atoms with Gasteiger partial charge in [-0.3, -0.25) is 10.7 Å². The van der Waals surface area contributed by atoms with Crippen LogP contribution in [0.2, 0.25) is 0 Å². The summed E-state index contributed by atoms with van der Waals surface area (Å²) in [5.41, 5.74) is 3.55. The molecule has 0 amide bonds. The highest BCUT2D eigenvalue weighted by atomic mass is 15.6. The highest BCUT2D eigenvalue weighted by Gasteiger charge is 2.42. The Morgan fingerprint density at radius 2 is 1.85 bits per heavy atom. The molecule has 0 bridgehead atoms. The monoisotopic (exact) mass is 183 g/mol.